The molecule has 0 saturated heterocycles. The number of nitrogens with one attached hydrogen (secondary N) is 1. The maximum Gasteiger partial charge on any atom is 0.331 e. The molecular weight excluding hydrogens is 372 g/mol. The van der Waals surface area contributed by atoms with Crippen molar-refractivity contribution in [3.05, 3.63) is 57.9 Å². The Morgan fingerprint density at radius 3 is 2.67 bits per heavy atom. The second kappa shape index (κ2) is 9.00. The van der Waals surface area contributed by atoms with Crippen LogP contribution in [0.15, 0.2) is 30.3 Å². The number of urea groups is 1. The fraction of sp³-hybridized carbons (Fsp3) is 0.222. The number of nitrogens with two attached hydrogens (primary N) is 1. The normalized spacial score (nSPS) is 10.8. The molecule has 2 aromatic rings. The molecule has 0 aliphatic carbocycles. The van der Waals surface area contributed by atoms with Crippen LogP contribution in [0.5, 0.6) is 0 Å². The number of aryl methyl sites for hydroxylation is 1. The number of rotatable bonds is 6. The maximum absolute atomic E-state index is 11.7. The summed E-state index contributed by atoms with van der Waals surface area (Å²) < 4.78 is 6.53. The predicted octanol–water partition coefficient (Wildman–Crippen LogP) is 1.95. The van der Waals surface area contributed by atoms with E-state index in [1.54, 1.807) is 16.1 Å². The second-order valence-corrected chi connectivity index (χ2v) is 6.09. The van der Waals surface area contributed by atoms with E-state index in [1.165, 1.54) is 6.08 Å². The summed E-state index contributed by atoms with van der Waals surface area (Å²) in [5.41, 5.74) is 8.07. The van der Waals surface area contributed by atoms with Gasteiger partial charge in [-0.3, -0.25) is 14.8 Å². The zero-order valence-corrected chi connectivity index (χ0v) is 15.6. The first kappa shape index (κ1) is 20.2. The number of hydrogen-bond acceptors (Lipinski definition) is 5. The van der Waals surface area contributed by atoms with E-state index >= 15 is 0 Å². The van der Waals surface area contributed by atoms with Crippen molar-refractivity contribution in [2.75, 3.05) is 6.61 Å². The average Bonchev–Trinajstić information content (AvgIpc) is 2.86. The lowest BCUT2D eigenvalue weighted by Gasteiger charge is -2.06. The van der Waals surface area contributed by atoms with Crippen LogP contribution in [0.1, 0.15) is 22.5 Å². The van der Waals surface area contributed by atoms with Crippen molar-refractivity contribution in [3.63, 3.8) is 0 Å². The molecule has 0 aliphatic rings. The first-order valence-electron chi connectivity index (χ1n) is 7.99. The van der Waals surface area contributed by atoms with Crippen LogP contribution in [0.4, 0.5) is 4.79 Å². The highest BCUT2D eigenvalue weighted by Crippen LogP contribution is 2.20. The van der Waals surface area contributed by atoms with E-state index in [0.29, 0.717) is 11.6 Å². The Kier molecular flexibility index (Phi) is 6.73. The van der Waals surface area contributed by atoms with Crippen molar-refractivity contribution in [1.82, 2.24) is 15.1 Å². The number of carbonyl (C=O) groups excluding carboxylic acids is 3. The molecule has 0 fully saturated rings. The molecule has 8 nitrogen and oxygen atoms in total. The van der Waals surface area contributed by atoms with Crippen molar-refractivity contribution < 1.29 is 19.1 Å². The van der Waals surface area contributed by atoms with Crippen molar-refractivity contribution in [2.24, 2.45) is 5.73 Å². The van der Waals surface area contributed by atoms with Crippen molar-refractivity contribution >= 4 is 35.6 Å². The summed E-state index contributed by atoms with van der Waals surface area (Å²) in [4.78, 5) is 33.4. The Morgan fingerprint density at radius 1 is 1.30 bits per heavy atom. The third kappa shape index (κ3) is 5.68. The number of nitrogens with zero attached hydrogens (tertiary/aromatic N) is 2. The van der Waals surface area contributed by atoms with E-state index in [0.717, 1.165) is 22.5 Å². The van der Waals surface area contributed by atoms with Crippen LogP contribution >= 0.6 is 11.6 Å². The highest BCUT2D eigenvalue weighted by Gasteiger charge is 2.12. The third-order valence-electron chi connectivity index (χ3n) is 3.71. The topological polar surface area (TPSA) is 116 Å². The monoisotopic (exact) mass is 390 g/mol. The Hall–Kier alpha value is -3.13. The van der Waals surface area contributed by atoms with E-state index < -0.39 is 24.5 Å². The van der Waals surface area contributed by atoms with Gasteiger partial charge < -0.3 is 10.5 Å². The van der Waals surface area contributed by atoms with Crippen LogP contribution in [-0.4, -0.2) is 34.3 Å². The Balaban J connectivity index is 2.04. The first-order chi connectivity index (χ1) is 12.8. The molecule has 1 aromatic carbocycles. The number of amides is 3. The van der Waals surface area contributed by atoms with Crippen molar-refractivity contribution in [2.45, 2.75) is 20.4 Å². The SMILES string of the molecule is Cc1nn(Cc2ccccc2Cl)c(C)c1C=CC(=O)OCC(=O)NC(N)=O. The molecule has 1 heterocycles. The van der Waals surface area contributed by atoms with Gasteiger partial charge in [-0.05, 0) is 31.6 Å². The number of halogens is 1. The summed E-state index contributed by atoms with van der Waals surface area (Å²) in [6.45, 7) is 3.59. The van der Waals surface area contributed by atoms with Gasteiger partial charge in [0.2, 0.25) is 0 Å². The number of carbonyl (C=O) groups is 3. The van der Waals surface area contributed by atoms with Crippen LogP contribution in [0.2, 0.25) is 5.02 Å². The molecule has 0 bridgehead atoms. The molecule has 1 aromatic heterocycles. The maximum atomic E-state index is 11.7. The molecule has 3 amide bonds. The largest absolute Gasteiger partial charge is 0.452 e. The summed E-state index contributed by atoms with van der Waals surface area (Å²) in [5, 5.41) is 6.92. The second-order valence-electron chi connectivity index (χ2n) is 5.69. The van der Waals surface area contributed by atoms with Gasteiger partial charge in [0.1, 0.15) is 0 Å². The van der Waals surface area contributed by atoms with Gasteiger partial charge in [0.05, 0.1) is 12.2 Å². The number of ether oxygens (including phenoxy) is 1. The summed E-state index contributed by atoms with van der Waals surface area (Å²) >= 11 is 6.19. The number of esters is 1. The minimum atomic E-state index is -1.01. The highest BCUT2D eigenvalue weighted by molar-refractivity contribution is 6.31. The number of primary amides is 1. The van der Waals surface area contributed by atoms with Crippen LogP contribution in [0, 0.1) is 13.8 Å². The van der Waals surface area contributed by atoms with E-state index in [1.807, 2.05) is 38.1 Å². The molecule has 27 heavy (non-hydrogen) atoms. The molecule has 0 spiro atoms. The van der Waals surface area contributed by atoms with Crippen LogP contribution in [0.3, 0.4) is 0 Å². The van der Waals surface area contributed by atoms with Gasteiger partial charge in [0.25, 0.3) is 5.91 Å². The van der Waals surface area contributed by atoms with Crippen LogP contribution < -0.4 is 11.1 Å². The van der Waals surface area contributed by atoms with Gasteiger partial charge in [-0.2, -0.15) is 5.10 Å². The summed E-state index contributed by atoms with van der Waals surface area (Å²) in [5.74, 6) is -1.53. The lowest BCUT2D eigenvalue weighted by Crippen LogP contribution is -2.37. The molecule has 2 rings (SSSR count). The fourth-order valence-corrected chi connectivity index (χ4v) is 2.60. The van der Waals surface area contributed by atoms with Gasteiger partial charge in [-0.1, -0.05) is 29.8 Å². The minimum Gasteiger partial charge on any atom is -0.452 e. The van der Waals surface area contributed by atoms with Gasteiger partial charge in [0, 0.05) is 22.4 Å². The third-order valence-corrected chi connectivity index (χ3v) is 4.08. The number of aromatic nitrogens is 2. The molecule has 9 heteroatoms. The summed E-state index contributed by atoms with van der Waals surface area (Å²) in [6, 6.07) is 6.48. The summed E-state index contributed by atoms with van der Waals surface area (Å²) in [6.07, 6.45) is 2.75. The Labute approximate surface area is 160 Å². The molecule has 3 N–H and O–H groups in total. The Bertz CT molecular complexity index is 905. The zero-order valence-electron chi connectivity index (χ0n) is 14.9. The van der Waals surface area contributed by atoms with Crippen LogP contribution in [-0.2, 0) is 20.9 Å². The first-order valence-corrected chi connectivity index (χ1v) is 8.37. The van der Waals surface area contributed by atoms with E-state index in [9.17, 15) is 14.4 Å². The molecule has 0 unspecified atom stereocenters. The molecule has 0 radical (unpaired) electrons. The van der Waals surface area contributed by atoms with Gasteiger partial charge in [-0.15, -0.1) is 0 Å². The molecule has 0 aliphatic heterocycles. The number of hydrogen-bond donors (Lipinski definition) is 2. The molecule has 0 saturated carbocycles. The van der Waals surface area contributed by atoms with E-state index in [-0.39, 0.29) is 0 Å². The lowest BCUT2D eigenvalue weighted by molar-refractivity contribution is -0.143. The minimum absolute atomic E-state index is 0.498. The standard InChI is InChI=1S/C18H19ClN4O4/c1-11-14(7-8-17(25)27-10-16(24)21-18(20)26)12(2)23(22-11)9-13-5-3-4-6-15(13)19/h3-8H,9-10H2,1-2H3,(H3,20,21,24,26). The molecule has 142 valence electrons. The highest BCUT2D eigenvalue weighted by atomic mass is 35.5. The summed E-state index contributed by atoms with van der Waals surface area (Å²) in [7, 11) is 0. The van der Waals surface area contributed by atoms with Crippen molar-refractivity contribution in [3.8, 4) is 0 Å². The van der Waals surface area contributed by atoms with Gasteiger partial charge in [0.15, 0.2) is 6.61 Å². The average molecular weight is 391 g/mol. The van der Waals surface area contributed by atoms with Gasteiger partial charge in [-0.25, -0.2) is 9.59 Å². The van der Waals surface area contributed by atoms with Crippen LogP contribution in [0.25, 0.3) is 6.08 Å². The number of imide groups is 1. The molecular formula is C18H19ClN4O4. The zero-order chi connectivity index (χ0) is 20.0. The van der Waals surface area contributed by atoms with Crippen molar-refractivity contribution in [1.29, 1.82) is 0 Å². The van der Waals surface area contributed by atoms with E-state index in [4.69, 9.17) is 22.1 Å². The number of benzene rings is 1. The smallest absolute Gasteiger partial charge is 0.331 e. The van der Waals surface area contributed by atoms with Gasteiger partial charge >= 0.3 is 12.0 Å². The lowest BCUT2D eigenvalue weighted by atomic mass is 10.1. The Morgan fingerprint density at radius 2 is 2.00 bits per heavy atom. The predicted molar refractivity (Wildman–Crippen MR) is 100.0 cm³/mol. The quantitative estimate of drug-likeness (QED) is 0.577. The fourth-order valence-electron chi connectivity index (χ4n) is 2.40. The molecule has 0 atom stereocenters. The van der Waals surface area contributed by atoms with E-state index in [2.05, 4.69) is 5.10 Å².